The molecule has 6 rings (SSSR count). The zero-order chi connectivity index (χ0) is 28.9. The number of fused-ring (bicyclic) bond motifs is 1. The number of hydrogen-bond donors (Lipinski definition) is 2. The number of carbonyl (C=O) groups excluding carboxylic acids is 2. The van der Waals surface area contributed by atoms with E-state index in [1.54, 1.807) is 0 Å². The average molecular weight is 557 g/mol. The molecule has 1 saturated carbocycles. The predicted octanol–water partition coefficient (Wildman–Crippen LogP) is 6.00. The summed E-state index contributed by atoms with van der Waals surface area (Å²) in [5, 5.41) is 3.03. The predicted molar refractivity (Wildman–Crippen MR) is 145 cm³/mol. The lowest BCUT2D eigenvalue weighted by Crippen LogP contribution is -2.46. The van der Waals surface area contributed by atoms with E-state index in [9.17, 15) is 27.2 Å². The van der Waals surface area contributed by atoms with Gasteiger partial charge in [-0.1, -0.05) is 48.5 Å². The average Bonchev–Trinajstić information content (AvgIpc) is 3.48. The van der Waals surface area contributed by atoms with Crippen LogP contribution in [0.3, 0.4) is 0 Å². The molecule has 2 amide bonds. The number of carbonyl (C=O) groups is 2. The van der Waals surface area contributed by atoms with Crippen molar-refractivity contribution >= 4 is 17.4 Å². The topological polar surface area (TPSA) is 72.2 Å². The van der Waals surface area contributed by atoms with Crippen molar-refractivity contribution in [2.45, 2.75) is 18.4 Å². The number of primary amides is 1. The van der Waals surface area contributed by atoms with Crippen LogP contribution >= 0.6 is 0 Å². The summed E-state index contributed by atoms with van der Waals surface area (Å²) in [6.07, 6.45) is 0.562. The summed E-state index contributed by atoms with van der Waals surface area (Å²) in [7, 11) is 0. The molecule has 0 aromatic heterocycles. The summed E-state index contributed by atoms with van der Waals surface area (Å²) < 4.78 is 55.9. The number of benzene rings is 4. The first-order chi connectivity index (χ1) is 19.7. The highest BCUT2D eigenvalue weighted by Crippen LogP contribution is 2.63. The smallest absolute Gasteiger partial charge is 0.241 e. The fraction of sp³-hybridized carbons (Fsp3) is 0.152. The third-order valence-corrected chi connectivity index (χ3v) is 8.43. The quantitative estimate of drug-likeness (QED) is 0.234. The minimum atomic E-state index is -1.87. The Morgan fingerprint density at radius 1 is 0.683 bits per heavy atom. The van der Waals surface area contributed by atoms with E-state index in [1.165, 1.54) is 97.1 Å². The van der Waals surface area contributed by atoms with Crippen LogP contribution in [0.15, 0.2) is 103 Å². The van der Waals surface area contributed by atoms with E-state index in [-0.39, 0.29) is 6.42 Å². The molecule has 4 aromatic carbocycles. The van der Waals surface area contributed by atoms with Gasteiger partial charge in [0.15, 0.2) is 5.41 Å². The molecule has 2 aliphatic rings. The van der Waals surface area contributed by atoms with Crippen LogP contribution in [-0.2, 0) is 15.1 Å². The van der Waals surface area contributed by atoms with E-state index >= 15 is 0 Å². The van der Waals surface area contributed by atoms with Crippen LogP contribution in [0.5, 0.6) is 0 Å². The lowest BCUT2D eigenvalue weighted by molar-refractivity contribution is -0.137. The van der Waals surface area contributed by atoms with Crippen LogP contribution in [0.25, 0.3) is 5.57 Å². The van der Waals surface area contributed by atoms with Crippen molar-refractivity contribution in [2.75, 3.05) is 0 Å². The van der Waals surface area contributed by atoms with Crippen LogP contribution < -0.4 is 11.1 Å². The highest BCUT2D eigenvalue weighted by molar-refractivity contribution is 6.13. The lowest BCUT2D eigenvalue weighted by Gasteiger charge is -2.37. The molecule has 1 saturated heterocycles. The summed E-state index contributed by atoms with van der Waals surface area (Å²) in [4.78, 5) is 27.9. The minimum absolute atomic E-state index is 0.259. The molecule has 206 valence electrons. The monoisotopic (exact) mass is 556 g/mol. The summed E-state index contributed by atoms with van der Waals surface area (Å²) in [5.41, 5.74) is 5.83. The Bertz CT molecular complexity index is 1590. The van der Waals surface area contributed by atoms with Gasteiger partial charge in [-0.05, 0) is 94.8 Å². The van der Waals surface area contributed by atoms with Crippen molar-refractivity contribution in [3.05, 3.63) is 148 Å². The van der Waals surface area contributed by atoms with Gasteiger partial charge in [0.25, 0.3) is 0 Å². The van der Waals surface area contributed by atoms with Gasteiger partial charge < -0.3 is 11.1 Å². The first-order valence-corrected chi connectivity index (χ1v) is 13.1. The Morgan fingerprint density at radius 3 is 1.46 bits per heavy atom. The molecule has 0 radical (unpaired) electrons. The molecule has 0 spiro atoms. The first-order valence-electron chi connectivity index (χ1n) is 13.1. The highest BCUT2D eigenvalue weighted by atomic mass is 19.1. The normalized spacial score (nSPS) is 20.9. The number of hydrogen-bond acceptors (Lipinski definition) is 2. The van der Waals surface area contributed by atoms with Crippen LogP contribution in [0.1, 0.15) is 35.1 Å². The molecule has 0 unspecified atom stereocenters. The number of rotatable bonds is 5. The van der Waals surface area contributed by atoms with Crippen LogP contribution in [0, 0.1) is 34.6 Å². The zero-order valence-electron chi connectivity index (χ0n) is 21.6. The minimum Gasteiger partial charge on any atom is -0.368 e. The van der Waals surface area contributed by atoms with E-state index in [2.05, 4.69) is 5.32 Å². The standard InChI is InChI=1S/C33H24F4N2O2/c34-23-9-1-19(2-10-23)29(20-3-11-24(35)12-4-20)27-17-18-28-32(27,30(38)40)31(41)39-33(28,21-5-13-25(36)14-6-21)22-7-15-26(37)16-8-22/h1-16,28H,17-18H2,(H2,38,40)(H,39,41)/t28-,32+/m1/s1. The molecule has 1 aliphatic heterocycles. The third kappa shape index (κ3) is 3.96. The first kappa shape index (κ1) is 26.5. The van der Waals surface area contributed by atoms with E-state index in [4.69, 9.17) is 5.73 Å². The zero-order valence-corrected chi connectivity index (χ0v) is 21.6. The molecule has 2 atom stereocenters. The molecule has 4 aromatic rings. The van der Waals surface area contributed by atoms with E-state index < -0.39 is 52.0 Å². The van der Waals surface area contributed by atoms with Crippen LogP contribution in [0.2, 0.25) is 0 Å². The maximum atomic E-state index is 14.3. The molecular weight excluding hydrogens is 532 g/mol. The fourth-order valence-electron chi connectivity index (χ4n) is 6.76. The van der Waals surface area contributed by atoms with Gasteiger partial charge in [-0.3, -0.25) is 9.59 Å². The second-order valence-electron chi connectivity index (χ2n) is 10.4. The Hall–Kier alpha value is -4.72. The Kier molecular flexibility index (Phi) is 6.29. The van der Waals surface area contributed by atoms with Gasteiger partial charge in [0.2, 0.25) is 11.8 Å². The van der Waals surface area contributed by atoms with Crippen LogP contribution in [-0.4, -0.2) is 11.8 Å². The molecule has 41 heavy (non-hydrogen) atoms. The summed E-state index contributed by atoms with van der Waals surface area (Å²) in [6.45, 7) is 0. The maximum Gasteiger partial charge on any atom is 0.241 e. The molecule has 3 N–H and O–H groups in total. The molecule has 8 heteroatoms. The van der Waals surface area contributed by atoms with Gasteiger partial charge in [-0.25, -0.2) is 17.6 Å². The largest absolute Gasteiger partial charge is 0.368 e. The van der Waals surface area contributed by atoms with E-state index in [0.29, 0.717) is 39.8 Å². The SMILES string of the molecule is NC(=O)[C@@]12C(=O)NC(c3ccc(F)cc3)(c3ccc(F)cc3)[C@@H]1CCC2=C(c1ccc(F)cc1)c1ccc(F)cc1. The van der Waals surface area contributed by atoms with Gasteiger partial charge in [0.1, 0.15) is 23.3 Å². The number of amides is 2. The molecular formula is C33H24F4N2O2. The molecule has 2 fully saturated rings. The Morgan fingerprint density at radius 2 is 1.07 bits per heavy atom. The fourth-order valence-corrected chi connectivity index (χ4v) is 6.76. The summed E-state index contributed by atoms with van der Waals surface area (Å²) in [6, 6.07) is 22.3. The van der Waals surface area contributed by atoms with Gasteiger partial charge in [-0.15, -0.1) is 0 Å². The highest BCUT2D eigenvalue weighted by Gasteiger charge is 2.70. The lowest BCUT2D eigenvalue weighted by atomic mass is 9.64. The van der Waals surface area contributed by atoms with Crippen molar-refractivity contribution in [1.82, 2.24) is 5.32 Å². The number of halogens is 4. The summed E-state index contributed by atoms with van der Waals surface area (Å²) in [5.74, 6) is -4.27. The van der Waals surface area contributed by atoms with Gasteiger partial charge in [0.05, 0.1) is 5.54 Å². The maximum absolute atomic E-state index is 14.3. The Balaban J connectivity index is 1.67. The number of nitrogens with two attached hydrogens (primary N) is 1. The van der Waals surface area contributed by atoms with Crippen molar-refractivity contribution in [3.63, 3.8) is 0 Å². The number of nitrogens with one attached hydrogen (secondary N) is 1. The van der Waals surface area contributed by atoms with Gasteiger partial charge in [-0.2, -0.15) is 0 Å². The van der Waals surface area contributed by atoms with E-state index in [0.717, 1.165) is 0 Å². The molecule has 1 heterocycles. The van der Waals surface area contributed by atoms with Crippen molar-refractivity contribution < 1.29 is 27.2 Å². The molecule has 1 aliphatic carbocycles. The van der Waals surface area contributed by atoms with Gasteiger partial charge >= 0.3 is 0 Å². The van der Waals surface area contributed by atoms with Crippen molar-refractivity contribution in [3.8, 4) is 0 Å². The third-order valence-electron chi connectivity index (χ3n) is 8.43. The molecule has 0 bridgehead atoms. The second kappa shape index (κ2) is 9.73. The summed E-state index contributed by atoms with van der Waals surface area (Å²) >= 11 is 0. The second-order valence-corrected chi connectivity index (χ2v) is 10.4. The molecule has 4 nitrogen and oxygen atoms in total. The Labute approximate surface area is 233 Å². The van der Waals surface area contributed by atoms with E-state index in [1.807, 2.05) is 0 Å². The van der Waals surface area contributed by atoms with Crippen LogP contribution in [0.4, 0.5) is 17.6 Å². The van der Waals surface area contributed by atoms with Crippen molar-refractivity contribution in [1.29, 1.82) is 0 Å². The van der Waals surface area contributed by atoms with Crippen molar-refractivity contribution in [2.24, 2.45) is 17.1 Å². The van der Waals surface area contributed by atoms with Gasteiger partial charge in [0, 0.05) is 5.92 Å².